The van der Waals surface area contributed by atoms with Crippen LogP contribution in [0.4, 0.5) is 0 Å². The highest BCUT2D eigenvalue weighted by Gasteiger charge is 2.26. The molecule has 1 unspecified atom stereocenters. The van der Waals surface area contributed by atoms with Crippen molar-refractivity contribution in [1.29, 1.82) is 0 Å². The summed E-state index contributed by atoms with van der Waals surface area (Å²) in [5.74, 6) is -0.207. The smallest absolute Gasteiger partial charge is 0.243 e. The van der Waals surface area contributed by atoms with Crippen LogP contribution < -0.4 is 11.1 Å². The summed E-state index contributed by atoms with van der Waals surface area (Å²) in [6.45, 7) is 3.41. The lowest BCUT2D eigenvalue weighted by molar-refractivity contribution is -0.122. The summed E-state index contributed by atoms with van der Waals surface area (Å²) in [6, 6.07) is 6.24. The van der Waals surface area contributed by atoms with Crippen molar-refractivity contribution in [3.63, 3.8) is 0 Å². The normalized spacial score (nSPS) is 17.4. The second kappa shape index (κ2) is 8.60. The number of nitrogens with two attached hydrogens (primary N) is 1. The Kier molecular flexibility index (Phi) is 6.77. The van der Waals surface area contributed by atoms with E-state index in [9.17, 15) is 13.2 Å². The molecule has 1 aromatic rings. The number of amides is 1. The van der Waals surface area contributed by atoms with Crippen molar-refractivity contribution in [1.82, 2.24) is 9.62 Å². The van der Waals surface area contributed by atoms with Gasteiger partial charge in [0, 0.05) is 19.6 Å². The first-order valence-corrected chi connectivity index (χ1v) is 10.0. The van der Waals surface area contributed by atoms with Crippen molar-refractivity contribution in [3.8, 4) is 0 Å². The first-order chi connectivity index (χ1) is 11.4. The lowest BCUT2D eigenvalue weighted by atomic mass is 10.1. The van der Waals surface area contributed by atoms with Crippen LogP contribution >= 0.6 is 0 Å². The third-order valence-corrected chi connectivity index (χ3v) is 6.15. The van der Waals surface area contributed by atoms with Gasteiger partial charge in [-0.05, 0) is 37.0 Å². The van der Waals surface area contributed by atoms with Crippen LogP contribution in [0.1, 0.15) is 44.6 Å². The number of hydrogen-bond acceptors (Lipinski definition) is 4. The molecule has 1 aliphatic rings. The van der Waals surface area contributed by atoms with Crippen molar-refractivity contribution >= 4 is 15.9 Å². The Balaban J connectivity index is 2.04. The Morgan fingerprint density at radius 2 is 2.00 bits per heavy atom. The minimum absolute atomic E-state index is 0.207. The Morgan fingerprint density at radius 1 is 1.29 bits per heavy atom. The van der Waals surface area contributed by atoms with E-state index in [2.05, 4.69) is 5.32 Å². The van der Waals surface area contributed by atoms with Gasteiger partial charge in [-0.15, -0.1) is 0 Å². The van der Waals surface area contributed by atoms with E-state index in [0.29, 0.717) is 19.5 Å². The number of sulfonamides is 1. The summed E-state index contributed by atoms with van der Waals surface area (Å²) in [6.07, 6.45) is 4.37. The van der Waals surface area contributed by atoms with Gasteiger partial charge in [0.05, 0.1) is 10.9 Å². The third-order valence-electron chi connectivity index (χ3n) is 4.25. The molecule has 1 aliphatic heterocycles. The maximum Gasteiger partial charge on any atom is 0.243 e. The van der Waals surface area contributed by atoms with Gasteiger partial charge in [0.25, 0.3) is 0 Å². The number of benzene rings is 1. The first kappa shape index (κ1) is 18.9. The summed E-state index contributed by atoms with van der Waals surface area (Å²) < 4.78 is 26.9. The van der Waals surface area contributed by atoms with E-state index in [1.165, 1.54) is 0 Å². The molecule has 0 spiro atoms. The minimum Gasteiger partial charge on any atom is -0.351 e. The van der Waals surface area contributed by atoms with Crippen molar-refractivity contribution in [3.05, 3.63) is 29.8 Å². The van der Waals surface area contributed by atoms with Gasteiger partial charge in [-0.1, -0.05) is 31.9 Å². The fraction of sp³-hybridized carbons (Fsp3) is 0.588. The molecule has 2 rings (SSSR count). The summed E-state index contributed by atoms with van der Waals surface area (Å²) in [5, 5.41) is 2.77. The molecule has 1 heterocycles. The molecule has 134 valence electrons. The first-order valence-electron chi connectivity index (χ1n) is 8.57. The predicted molar refractivity (Wildman–Crippen MR) is 93.8 cm³/mol. The molecule has 0 radical (unpaired) electrons. The van der Waals surface area contributed by atoms with Crippen molar-refractivity contribution in [2.75, 3.05) is 13.1 Å². The Bertz CT molecular complexity index is 655. The number of carbonyl (C=O) groups excluding carboxylic acids is 1. The zero-order valence-electron chi connectivity index (χ0n) is 14.2. The van der Waals surface area contributed by atoms with Crippen molar-refractivity contribution in [2.45, 2.75) is 56.5 Å². The lowest BCUT2D eigenvalue weighted by Gasteiger charge is -2.26. The van der Waals surface area contributed by atoms with Crippen LogP contribution in [0, 0.1) is 0 Å². The van der Waals surface area contributed by atoms with Crippen LogP contribution in [-0.4, -0.2) is 37.8 Å². The molecule has 0 saturated carbocycles. The van der Waals surface area contributed by atoms with Gasteiger partial charge < -0.3 is 11.1 Å². The van der Waals surface area contributed by atoms with E-state index in [0.717, 1.165) is 31.2 Å². The molecule has 1 amide bonds. The average molecular weight is 353 g/mol. The highest BCUT2D eigenvalue weighted by Crippen LogP contribution is 2.21. The van der Waals surface area contributed by atoms with E-state index in [1.54, 1.807) is 28.6 Å². The zero-order valence-corrected chi connectivity index (χ0v) is 15.0. The predicted octanol–water partition coefficient (Wildman–Crippen LogP) is 1.60. The van der Waals surface area contributed by atoms with Gasteiger partial charge in [-0.2, -0.15) is 4.31 Å². The quantitative estimate of drug-likeness (QED) is 0.779. The van der Waals surface area contributed by atoms with Crippen molar-refractivity contribution in [2.24, 2.45) is 5.73 Å². The number of piperidine rings is 1. The SMILES string of the molecule is CCCC(N)C(=O)NCc1cccc(S(=O)(=O)N2CCCCC2)c1. The molecular formula is C17H27N3O3S. The Morgan fingerprint density at radius 3 is 2.67 bits per heavy atom. The molecule has 0 aromatic heterocycles. The van der Waals surface area contributed by atoms with E-state index in [1.807, 2.05) is 6.92 Å². The van der Waals surface area contributed by atoms with Crippen LogP contribution in [-0.2, 0) is 21.4 Å². The third kappa shape index (κ3) is 4.78. The van der Waals surface area contributed by atoms with E-state index < -0.39 is 16.1 Å². The summed E-state index contributed by atoms with van der Waals surface area (Å²) in [7, 11) is -3.45. The fourth-order valence-corrected chi connectivity index (χ4v) is 4.42. The highest BCUT2D eigenvalue weighted by molar-refractivity contribution is 7.89. The fourth-order valence-electron chi connectivity index (χ4n) is 2.83. The van der Waals surface area contributed by atoms with Crippen LogP contribution in [0.2, 0.25) is 0 Å². The van der Waals surface area contributed by atoms with Crippen LogP contribution in [0.5, 0.6) is 0 Å². The highest BCUT2D eigenvalue weighted by atomic mass is 32.2. The van der Waals surface area contributed by atoms with Gasteiger partial charge in [0.1, 0.15) is 0 Å². The zero-order chi connectivity index (χ0) is 17.6. The molecular weight excluding hydrogens is 326 g/mol. The molecule has 1 fully saturated rings. The van der Waals surface area contributed by atoms with E-state index >= 15 is 0 Å². The molecule has 0 aliphatic carbocycles. The van der Waals surface area contributed by atoms with Crippen LogP contribution in [0.15, 0.2) is 29.2 Å². The van der Waals surface area contributed by atoms with Gasteiger partial charge in [-0.25, -0.2) is 8.42 Å². The number of nitrogens with zero attached hydrogens (tertiary/aromatic N) is 1. The Labute approximate surface area is 144 Å². The largest absolute Gasteiger partial charge is 0.351 e. The molecule has 6 nitrogen and oxygen atoms in total. The molecule has 1 aromatic carbocycles. The maximum absolute atomic E-state index is 12.7. The molecule has 1 atom stereocenters. The summed E-state index contributed by atoms with van der Waals surface area (Å²) in [4.78, 5) is 12.2. The van der Waals surface area contributed by atoms with Gasteiger partial charge in [0.15, 0.2) is 0 Å². The van der Waals surface area contributed by atoms with Gasteiger partial charge >= 0.3 is 0 Å². The number of hydrogen-bond donors (Lipinski definition) is 2. The molecule has 7 heteroatoms. The molecule has 3 N–H and O–H groups in total. The minimum atomic E-state index is -3.45. The molecule has 24 heavy (non-hydrogen) atoms. The number of nitrogens with one attached hydrogen (secondary N) is 1. The van der Waals surface area contributed by atoms with Crippen molar-refractivity contribution < 1.29 is 13.2 Å². The standard InChI is InChI=1S/C17H27N3O3S/c1-2-7-16(18)17(21)19-13-14-8-6-9-15(12-14)24(22,23)20-10-4-3-5-11-20/h6,8-9,12,16H,2-5,7,10-11,13,18H2,1H3,(H,19,21). The average Bonchev–Trinajstić information content (AvgIpc) is 2.61. The number of carbonyl (C=O) groups is 1. The van der Waals surface area contributed by atoms with Crippen LogP contribution in [0.3, 0.4) is 0 Å². The molecule has 0 bridgehead atoms. The summed E-state index contributed by atoms with van der Waals surface area (Å²) in [5.41, 5.74) is 6.53. The Hall–Kier alpha value is -1.44. The van der Waals surface area contributed by atoms with Gasteiger partial charge in [0.2, 0.25) is 15.9 Å². The lowest BCUT2D eigenvalue weighted by Crippen LogP contribution is -2.40. The second-order valence-electron chi connectivity index (χ2n) is 6.23. The maximum atomic E-state index is 12.7. The van der Waals surface area contributed by atoms with Crippen LogP contribution in [0.25, 0.3) is 0 Å². The topological polar surface area (TPSA) is 92.5 Å². The van der Waals surface area contributed by atoms with E-state index in [4.69, 9.17) is 5.73 Å². The monoisotopic (exact) mass is 353 g/mol. The van der Waals surface area contributed by atoms with E-state index in [-0.39, 0.29) is 17.3 Å². The molecule has 1 saturated heterocycles. The van der Waals surface area contributed by atoms with Gasteiger partial charge in [-0.3, -0.25) is 4.79 Å². The second-order valence-corrected chi connectivity index (χ2v) is 8.16. The summed E-state index contributed by atoms with van der Waals surface area (Å²) >= 11 is 0. The number of rotatable bonds is 7.